The van der Waals surface area contributed by atoms with Gasteiger partial charge in [-0.05, 0) is 205 Å². The molecule has 0 saturated heterocycles. The zero-order valence-electron chi connectivity index (χ0n) is 42.5. The van der Waals surface area contributed by atoms with Crippen molar-refractivity contribution >= 4 is 51.2 Å². The van der Waals surface area contributed by atoms with Gasteiger partial charge >= 0.3 is 0 Å². The van der Waals surface area contributed by atoms with E-state index in [4.69, 9.17) is 0 Å². The van der Waals surface area contributed by atoms with Crippen LogP contribution in [0.1, 0.15) is 53.1 Å². The molecule has 0 aliphatic heterocycles. The summed E-state index contributed by atoms with van der Waals surface area (Å²) in [5.74, 6) is 0. The minimum absolute atomic E-state index is 1.04. The summed E-state index contributed by atoms with van der Waals surface area (Å²) < 4.78 is 0. The van der Waals surface area contributed by atoms with E-state index in [1.54, 1.807) is 0 Å². The number of nitrogens with zero attached hydrogens (tertiary/aromatic N) is 3. The van der Waals surface area contributed by atoms with Crippen molar-refractivity contribution in [2.75, 3.05) is 14.7 Å². The molecule has 0 aliphatic rings. The molecular formula is C69H63N3. The van der Waals surface area contributed by atoms with Crippen LogP contribution >= 0.6 is 0 Å². The van der Waals surface area contributed by atoms with Gasteiger partial charge in [-0.2, -0.15) is 0 Å². The minimum Gasteiger partial charge on any atom is -0.310 e. The molecule has 10 rings (SSSR count). The molecule has 10 aromatic carbocycles. The van der Waals surface area contributed by atoms with Crippen LogP contribution in [0.5, 0.6) is 0 Å². The molecule has 10 aromatic rings. The molecule has 0 fully saturated rings. The maximum absolute atomic E-state index is 2.45. The second-order valence-corrected chi connectivity index (χ2v) is 19.1. The standard InChI is InChI=1S/C69H63N3/c1-7-8-26-57-27-14-20-33-69(57)72(68-32-19-13-25-53(68)6)63-44-38-56(39-45-63)60-47-58(54-34-40-61(41-35-54)70(64-28-15-9-21-49(64)2)65-29-16-10-22-50(65)3)46-59(48-60)55-36-42-62(43-37-55)71(66-30-17-11-23-51(66)4)67-31-18-12-24-52(67)5/h9-25,27-48H,7-8,26H2,1-6H3. The van der Waals surface area contributed by atoms with Crippen molar-refractivity contribution in [1.29, 1.82) is 0 Å². The highest BCUT2D eigenvalue weighted by Gasteiger charge is 2.21. The van der Waals surface area contributed by atoms with Crippen molar-refractivity contribution in [2.24, 2.45) is 0 Å². The first-order valence-electron chi connectivity index (χ1n) is 25.5. The molecule has 0 spiro atoms. The van der Waals surface area contributed by atoms with E-state index in [-0.39, 0.29) is 0 Å². The average molecular weight is 934 g/mol. The topological polar surface area (TPSA) is 9.72 Å². The monoisotopic (exact) mass is 934 g/mol. The molecule has 0 saturated carbocycles. The van der Waals surface area contributed by atoms with Crippen molar-refractivity contribution in [3.05, 3.63) is 270 Å². The lowest BCUT2D eigenvalue weighted by Crippen LogP contribution is -2.13. The predicted octanol–water partition coefficient (Wildman–Crippen LogP) is 20.0. The summed E-state index contributed by atoms with van der Waals surface area (Å²) in [6, 6.07) is 86.7. The molecule has 72 heavy (non-hydrogen) atoms. The van der Waals surface area contributed by atoms with Crippen molar-refractivity contribution in [3.8, 4) is 33.4 Å². The molecule has 0 aliphatic carbocycles. The van der Waals surface area contributed by atoms with Crippen LogP contribution < -0.4 is 14.7 Å². The smallest absolute Gasteiger partial charge is 0.0493 e. The highest BCUT2D eigenvalue weighted by molar-refractivity contribution is 5.87. The SMILES string of the molecule is CCCCc1ccccc1N(c1ccc(-c2cc(-c3ccc(N(c4ccccc4C)c4ccccc4C)cc3)cc(-c3ccc(N(c4ccccc4C)c4ccccc4C)cc3)c2)cc1)c1ccccc1C. The molecule has 0 N–H and O–H groups in total. The Hall–Kier alpha value is -8.40. The van der Waals surface area contributed by atoms with Crippen molar-refractivity contribution in [2.45, 2.75) is 60.8 Å². The fourth-order valence-corrected chi connectivity index (χ4v) is 10.1. The quantitative estimate of drug-likeness (QED) is 0.101. The van der Waals surface area contributed by atoms with Crippen molar-refractivity contribution < 1.29 is 0 Å². The maximum Gasteiger partial charge on any atom is 0.0493 e. The van der Waals surface area contributed by atoms with E-state index in [1.165, 1.54) is 67.5 Å². The first-order chi connectivity index (χ1) is 35.2. The summed E-state index contributed by atoms with van der Waals surface area (Å²) in [5, 5.41) is 0. The largest absolute Gasteiger partial charge is 0.310 e. The predicted molar refractivity (Wildman–Crippen MR) is 309 cm³/mol. The highest BCUT2D eigenvalue weighted by Crippen LogP contribution is 2.44. The Balaban J connectivity index is 1.08. The Morgan fingerprint density at radius 2 is 0.514 bits per heavy atom. The second kappa shape index (κ2) is 21.3. The van der Waals surface area contributed by atoms with Crippen LogP contribution in [0, 0.1) is 34.6 Å². The zero-order valence-corrected chi connectivity index (χ0v) is 42.5. The van der Waals surface area contributed by atoms with E-state index < -0.39 is 0 Å². The summed E-state index contributed by atoms with van der Waals surface area (Å²) in [5.41, 5.74) is 24.9. The number of hydrogen-bond donors (Lipinski definition) is 0. The molecule has 3 nitrogen and oxygen atoms in total. The number of benzene rings is 10. The molecule has 0 radical (unpaired) electrons. The van der Waals surface area contributed by atoms with E-state index in [2.05, 4.69) is 293 Å². The van der Waals surface area contributed by atoms with Gasteiger partial charge in [0.25, 0.3) is 0 Å². The molecule has 354 valence electrons. The van der Waals surface area contributed by atoms with Gasteiger partial charge in [0.2, 0.25) is 0 Å². The van der Waals surface area contributed by atoms with E-state index in [1.807, 2.05) is 0 Å². The van der Waals surface area contributed by atoms with E-state index in [0.29, 0.717) is 0 Å². The summed E-state index contributed by atoms with van der Waals surface area (Å²) in [4.78, 5) is 7.22. The Kier molecular flexibility index (Phi) is 14.0. The van der Waals surface area contributed by atoms with Crippen LogP contribution in [0.4, 0.5) is 51.2 Å². The number of unbranched alkanes of at least 4 members (excludes halogenated alkanes) is 1. The lowest BCUT2D eigenvalue weighted by molar-refractivity contribution is 0.794. The van der Waals surface area contributed by atoms with Crippen LogP contribution in [-0.2, 0) is 6.42 Å². The van der Waals surface area contributed by atoms with Gasteiger partial charge in [-0.15, -0.1) is 0 Å². The fourth-order valence-electron chi connectivity index (χ4n) is 10.1. The Morgan fingerprint density at radius 1 is 0.264 bits per heavy atom. The van der Waals surface area contributed by atoms with E-state index in [9.17, 15) is 0 Å². The van der Waals surface area contributed by atoms with Gasteiger partial charge in [0, 0.05) is 51.2 Å². The third-order valence-corrected chi connectivity index (χ3v) is 14.1. The first kappa shape index (κ1) is 47.3. The summed E-state index contributed by atoms with van der Waals surface area (Å²) >= 11 is 0. The molecule has 0 amide bonds. The van der Waals surface area contributed by atoms with E-state index in [0.717, 1.165) is 69.7 Å². The molecule has 0 atom stereocenters. The highest BCUT2D eigenvalue weighted by atomic mass is 15.2. The normalized spacial score (nSPS) is 11.1. The molecule has 0 aromatic heterocycles. The average Bonchev–Trinajstić information content (AvgIpc) is 3.41. The van der Waals surface area contributed by atoms with Gasteiger partial charge in [-0.3, -0.25) is 0 Å². The summed E-state index contributed by atoms with van der Waals surface area (Å²) in [6.07, 6.45) is 3.34. The Labute approximate surface area is 428 Å². The van der Waals surface area contributed by atoms with Crippen LogP contribution in [0.3, 0.4) is 0 Å². The number of anilines is 9. The number of aryl methyl sites for hydroxylation is 6. The zero-order chi connectivity index (χ0) is 49.6. The second-order valence-electron chi connectivity index (χ2n) is 19.1. The van der Waals surface area contributed by atoms with Crippen LogP contribution in [0.25, 0.3) is 33.4 Å². The molecule has 0 bridgehead atoms. The third-order valence-electron chi connectivity index (χ3n) is 14.1. The number of hydrogen-bond acceptors (Lipinski definition) is 3. The van der Waals surface area contributed by atoms with Crippen LogP contribution in [-0.4, -0.2) is 0 Å². The maximum atomic E-state index is 2.45. The molecular weight excluding hydrogens is 871 g/mol. The van der Waals surface area contributed by atoms with Crippen LogP contribution in [0.2, 0.25) is 0 Å². The summed E-state index contributed by atoms with van der Waals surface area (Å²) in [6.45, 7) is 13.2. The van der Waals surface area contributed by atoms with Crippen molar-refractivity contribution in [3.63, 3.8) is 0 Å². The van der Waals surface area contributed by atoms with Gasteiger partial charge < -0.3 is 14.7 Å². The van der Waals surface area contributed by atoms with Gasteiger partial charge in [-0.25, -0.2) is 0 Å². The minimum atomic E-state index is 1.04. The molecule has 0 unspecified atom stereocenters. The Morgan fingerprint density at radius 3 is 0.792 bits per heavy atom. The van der Waals surface area contributed by atoms with Gasteiger partial charge in [0.1, 0.15) is 0 Å². The third kappa shape index (κ3) is 9.84. The lowest BCUT2D eigenvalue weighted by atomic mass is 9.93. The van der Waals surface area contributed by atoms with Crippen LogP contribution in [0.15, 0.2) is 237 Å². The Bertz CT molecular complexity index is 3210. The van der Waals surface area contributed by atoms with Crippen molar-refractivity contribution in [1.82, 2.24) is 0 Å². The van der Waals surface area contributed by atoms with Gasteiger partial charge in [-0.1, -0.05) is 159 Å². The van der Waals surface area contributed by atoms with Gasteiger partial charge in [0.05, 0.1) is 0 Å². The fraction of sp³-hybridized carbons (Fsp3) is 0.130. The molecule has 3 heteroatoms. The van der Waals surface area contributed by atoms with E-state index >= 15 is 0 Å². The lowest BCUT2D eigenvalue weighted by Gasteiger charge is -2.29. The number of rotatable bonds is 15. The first-order valence-corrected chi connectivity index (χ1v) is 25.5. The van der Waals surface area contributed by atoms with Gasteiger partial charge in [0.15, 0.2) is 0 Å². The summed E-state index contributed by atoms with van der Waals surface area (Å²) in [7, 11) is 0. The molecule has 0 heterocycles. The number of para-hydroxylation sites is 6.